The molecule has 0 bridgehead atoms. The molecule has 1 amide bonds. The van der Waals surface area contributed by atoms with E-state index in [9.17, 15) is 9.59 Å². The second-order valence-corrected chi connectivity index (χ2v) is 6.05. The van der Waals surface area contributed by atoms with Crippen molar-refractivity contribution in [1.29, 1.82) is 0 Å². The molecule has 0 aliphatic heterocycles. The lowest BCUT2D eigenvalue weighted by Gasteiger charge is -2.17. The number of aromatic amines is 1. The number of fused-ring (bicyclic) bond motifs is 3. The molecule has 3 aromatic rings. The van der Waals surface area contributed by atoms with E-state index >= 15 is 0 Å². The lowest BCUT2D eigenvalue weighted by molar-refractivity contribution is 0.102. The van der Waals surface area contributed by atoms with Crippen LogP contribution in [0, 0.1) is 0 Å². The molecular weight excluding hydrogens is 302 g/mol. The number of amides is 1. The largest absolute Gasteiger partial charge is 0.322 e. The number of pyridine rings is 2. The molecule has 1 aliphatic carbocycles. The Labute approximate surface area is 138 Å². The Morgan fingerprint density at radius 3 is 2.71 bits per heavy atom. The third-order valence-corrected chi connectivity index (χ3v) is 4.49. The summed E-state index contributed by atoms with van der Waals surface area (Å²) in [5.74, 6) is -0.268. The fourth-order valence-electron chi connectivity index (χ4n) is 3.33. The predicted molar refractivity (Wildman–Crippen MR) is 93.4 cm³/mol. The lowest BCUT2D eigenvalue weighted by Crippen LogP contribution is -2.19. The number of anilines is 1. The van der Waals surface area contributed by atoms with Gasteiger partial charge in [-0.1, -0.05) is 12.1 Å². The van der Waals surface area contributed by atoms with Crippen molar-refractivity contribution in [3.8, 4) is 0 Å². The normalized spacial score (nSPS) is 13.5. The van der Waals surface area contributed by atoms with Crippen molar-refractivity contribution in [1.82, 2.24) is 9.97 Å². The van der Waals surface area contributed by atoms with Gasteiger partial charge in [-0.3, -0.25) is 14.6 Å². The van der Waals surface area contributed by atoms with E-state index in [0.717, 1.165) is 47.7 Å². The lowest BCUT2D eigenvalue weighted by atomic mass is 9.90. The molecule has 24 heavy (non-hydrogen) atoms. The van der Waals surface area contributed by atoms with Crippen molar-refractivity contribution in [3.05, 3.63) is 69.8 Å². The second kappa shape index (κ2) is 5.92. The Balaban J connectivity index is 1.71. The molecule has 0 radical (unpaired) electrons. The quantitative estimate of drug-likeness (QED) is 0.762. The van der Waals surface area contributed by atoms with Gasteiger partial charge in [0.05, 0.1) is 5.52 Å². The Morgan fingerprint density at radius 1 is 1.08 bits per heavy atom. The molecule has 4 rings (SSSR count). The van der Waals surface area contributed by atoms with Crippen LogP contribution in [0.25, 0.3) is 10.9 Å². The summed E-state index contributed by atoms with van der Waals surface area (Å²) in [5.41, 5.74) is 3.83. The maximum atomic E-state index is 12.3. The number of rotatable bonds is 2. The number of aromatic nitrogens is 2. The average Bonchev–Trinajstić information content (AvgIpc) is 2.62. The van der Waals surface area contributed by atoms with E-state index in [0.29, 0.717) is 11.4 Å². The number of nitrogens with one attached hydrogen (secondary N) is 2. The zero-order chi connectivity index (χ0) is 16.5. The summed E-state index contributed by atoms with van der Waals surface area (Å²) in [6, 6.07) is 10.9. The Hall–Kier alpha value is -2.95. The van der Waals surface area contributed by atoms with Gasteiger partial charge in [-0.05, 0) is 55.5 Å². The first-order valence-electron chi connectivity index (χ1n) is 8.12. The van der Waals surface area contributed by atoms with Gasteiger partial charge in [-0.25, -0.2) is 0 Å². The maximum absolute atomic E-state index is 12.3. The highest BCUT2D eigenvalue weighted by Crippen LogP contribution is 2.27. The van der Waals surface area contributed by atoms with Crippen LogP contribution in [0.4, 0.5) is 5.69 Å². The Morgan fingerprint density at radius 2 is 1.92 bits per heavy atom. The van der Waals surface area contributed by atoms with Crippen LogP contribution in [0.3, 0.4) is 0 Å². The van der Waals surface area contributed by atoms with E-state index in [1.165, 1.54) is 0 Å². The van der Waals surface area contributed by atoms with E-state index in [1.54, 1.807) is 24.4 Å². The molecule has 2 N–H and O–H groups in total. The minimum Gasteiger partial charge on any atom is -0.322 e. The van der Waals surface area contributed by atoms with Crippen molar-refractivity contribution in [2.75, 3.05) is 5.32 Å². The summed E-state index contributed by atoms with van der Waals surface area (Å²) in [6.45, 7) is 0. The van der Waals surface area contributed by atoms with E-state index in [1.807, 2.05) is 18.2 Å². The van der Waals surface area contributed by atoms with Crippen molar-refractivity contribution in [2.24, 2.45) is 0 Å². The van der Waals surface area contributed by atoms with Gasteiger partial charge in [0.25, 0.3) is 11.5 Å². The zero-order valence-corrected chi connectivity index (χ0v) is 13.1. The predicted octanol–water partition coefficient (Wildman–Crippen LogP) is 3.05. The van der Waals surface area contributed by atoms with Crippen molar-refractivity contribution < 1.29 is 4.79 Å². The fourth-order valence-corrected chi connectivity index (χ4v) is 3.33. The highest BCUT2D eigenvalue weighted by Gasteiger charge is 2.16. The Kier molecular flexibility index (Phi) is 3.61. The minimum atomic E-state index is -0.268. The molecule has 1 aromatic carbocycles. The number of carbonyl (C=O) groups excluding carboxylic acids is 1. The fraction of sp³-hybridized carbons (Fsp3) is 0.211. The molecule has 0 fully saturated rings. The third-order valence-electron chi connectivity index (χ3n) is 4.49. The molecule has 0 saturated carbocycles. The Bertz CT molecular complexity index is 977. The van der Waals surface area contributed by atoms with Gasteiger partial charge in [0, 0.05) is 22.8 Å². The first kappa shape index (κ1) is 14.6. The van der Waals surface area contributed by atoms with Crippen LogP contribution in [0.15, 0.2) is 47.4 Å². The highest BCUT2D eigenvalue weighted by atomic mass is 16.2. The van der Waals surface area contributed by atoms with Crippen molar-refractivity contribution in [2.45, 2.75) is 25.7 Å². The molecule has 2 aromatic heterocycles. The summed E-state index contributed by atoms with van der Waals surface area (Å²) >= 11 is 0. The van der Waals surface area contributed by atoms with Gasteiger partial charge in [0.1, 0.15) is 5.69 Å². The van der Waals surface area contributed by atoms with E-state index in [2.05, 4.69) is 15.3 Å². The molecule has 0 atom stereocenters. The summed E-state index contributed by atoms with van der Waals surface area (Å²) < 4.78 is 0. The SMILES string of the molecule is O=C(Nc1ccc2c3c(c(=O)[nH]c2c1)CCCC3)c1ccccn1. The topological polar surface area (TPSA) is 74.8 Å². The molecule has 120 valence electrons. The average molecular weight is 319 g/mol. The van der Waals surface area contributed by atoms with Crippen LogP contribution in [0.2, 0.25) is 0 Å². The first-order valence-corrected chi connectivity index (χ1v) is 8.12. The third kappa shape index (κ3) is 2.58. The van der Waals surface area contributed by atoms with Gasteiger partial charge in [-0.15, -0.1) is 0 Å². The van der Waals surface area contributed by atoms with Gasteiger partial charge in [0.15, 0.2) is 0 Å². The van der Waals surface area contributed by atoms with E-state index < -0.39 is 0 Å². The monoisotopic (exact) mass is 319 g/mol. The molecule has 5 heteroatoms. The molecule has 0 saturated heterocycles. The molecule has 5 nitrogen and oxygen atoms in total. The summed E-state index contributed by atoms with van der Waals surface area (Å²) in [5, 5.41) is 3.90. The standard InChI is InChI=1S/C19H17N3O2/c23-18-15-6-2-1-5-13(15)14-9-8-12(11-17(14)22-18)21-19(24)16-7-3-4-10-20-16/h3-4,7-11H,1-2,5-6H2,(H,21,24)(H,22,23). The number of nitrogens with zero attached hydrogens (tertiary/aromatic N) is 1. The van der Waals surface area contributed by atoms with Gasteiger partial charge in [0.2, 0.25) is 0 Å². The highest BCUT2D eigenvalue weighted by molar-refractivity contribution is 6.03. The smallest absolute Gasteiger partial charge is 0.274 e. The molecule has 0 spiro atoms. The molecule has 1 aliphatic rings. The minimum absolute atomic E-state index is 0.00889. The second-order valence-electron chi connectivity index (χ2n) is 6.05. The number of hydrogen-bond donors (Lipinski definition) is 2. The first-order chi connectivity index (χ1) is 11.7. The molecule has 2 heterocycles. The van der Waals surface area contributed by atoms with Gasteiger partial charge >= 0.3 is 0 Å². The number of H-pyrrole nitrogens is 1. The number of benzene rings is 1. The van der Waals surface area contributed by atoms with E-state index in [4.69, 9.17) is 0 Å². The number of carbonyl (C=O) groups is 1. The summed E-state index contributed by atoms with van der Waals surface area (Å²) in [4.78, 5) is 31.5. The van der Waals surface area contributed by atoms with Crippen LogP contribution < -0.4 is 10.9 Å². The number of aryl methyl sites for hydroxylation is 1. The maximum Gasteiger partial charge on any atom is 0.274 e. The molecule has 0 unspecified atom stereocenters. The zero-order valence-electron chi connectivity index (χ0n) is 13.1. The number of hydrogen-bond acceptors (Lipinski definition) is 3. The van der Waals surface area contributed by atoms with Crippen LogP contribution in [-0.2, 0) is 12.8 Å². The van der Waals surface area contributed by atoms with Crippen molar-refractivity contribution in [3.63, 3.8) is 0 Å². The van der Waals surface area contributed by atoms with Crippen LogP contribution in [-0.4, -0.2) is 15.9 Å². The summed E-state index contributed by atoms with van der Waals surface area (Å²) in [7, 11) is 0. The van der Waals surface area contributed by atoms with E-state index in [-0.39, 0.29) is 11.5 Å². The van der Waals surface area contributed by atoms with Crippen LogP contribution in [0.5, 0.6) is 0 Å². The van der Waals surface area contributed by atoms with Crippen LogP contribution >= 0.6 is 0 Å². The molecular formula is C19H17N3O2. The van der Waals surface area contributed by atoms with Crippen molar-refractivity contribution >= 4 is 22.5 Å². The summed E-state index contributed by atoms with van der Waals surface area (Å²) in [6.07, 6.45) is 5.55. The van der Waals surface area contributed by atoms with Gasteiger partial charge < -0.3 is 10.3 Å². The van der Waals surface area contributed by atoms with Crippen LogP contribution in [0.1, 0.15) is 34.5 Å². The van der Waals surface area contributed by atoms with Gasteiger partial charge in [-0.2, -0.15) is 0 Å².